The summed E-state index contributed by atoms with van der Waals surface area (Å²) in [4.78, 5) is 26.5. The summed E-state index contributed by atoms with van der Waals surface area (Å²) in [7, 11) is 0. The second-order valence-corrected chi connectivity index (χ2v) is 5.94. The van der Waals surface area contributed by atoms with E-state index in [0.717, 1.165) is 5.56 Å². The van der Waals surface area contributed by atoms with Crippen molar-refractivity contribution < 1.29 is 13.9 Å². The average molecular weight is 301 g/mol. The van der Waals surface area contributed by atoms with E-state index in [1.807, 2.05) is 26.8 Å². The van der Waals surface area contributed by atoms with Gasteiger partial charge in [0, 0.05) is 19.2 Å². The topological polar surface area (TPSA) is 59.8 Å². The van der Waals surface area contributed by atoms with Crippen LogP contribution in [0.25, 0.3) is 11.0 Å². The second kappa shape index (κ2) is 5.57. The molecule has 3 rings (SSSR count). The van der Waals surface area contributed by atoms with Crippen molar-refractivity contribution >= 4 is 16.9 Å². The van der Waals surface area contributed by atoms with Gasteiger partial charge in [-0.25, -0.2) is 0 Å². The first-order chi connectivity index (χ1) is 10.4. The Hall–Kier alpha value is -2.14. The predicted molar refractivity (Wildman–Crippen MR) is 83.1 cm³/mol. The molecule has 0 spiro atoms. The Morgan fingerprint density at radius 1 is 1.18 bits per heavy atom. The van der Waals surface area contributed by atoms with Crippen molar-refractivity contribution in [3.8, 4) is 0 Å². The molecule has 116 valence electrons. The minimum Gasteiger partial charge on any atom is -0.451 e. The molecule has 5 nitrogen and oxygen atoms in total. The predicted octanol–water partition coefficient (Wildman–Crippen LogP) is 2.35. The first-order valence-electron chi connectivity index (χ1n) is 7.43. The van der Waals surface area contributed by atoms with E-state index in [9.17, 15) is 9.59 Å². The summed E-state index contributed by atoms with van der Waals surface area (Å²) in [6, 6.07) is 6.65. The fraction of sp³-hybridized carbons (Fsp3) is 0.412. The van der Waals surface area contributed by atoms with Gasteiger partial charge in [-0.2, -0.15) is 0 Å². The van der Waals surface area contributed by atoms with Crippen molar-refractivity contribution in [3.05, 3.63) is 45.8 Å². The Labute approximate surface area is 128 Å². The molecule has 1 aliphatic heterocycles. The molecule has 2 atom stereocenters. The lowest BCUT2D eigenvalue weighted by molar-refractivity contribution is -0.0592. The lowest BCUT2D eigenvalue weighted by Crippen LogP contribution is -2.48. The van der Waals surface area contributed by atoms with Crippen LogP contribution in [0.3, 0.4) is 0 Å². The number of fused-ring (bicyclic) bond motifs is 1. The molecule has 0 N–H and O–H groups in total. The fourth-order valence-corrected chi connectivity index (χ4v) is 2.88. The third-order valence-corrected chi connectivity index (χ3v) is 3.80. The first-order valence-corrected chi connectivity index (χ1v) is 7.43. The normalized spacial score (nSPS) is 22.0. The quantitative estimate of drug-likeness (QED) is 0.811. The Morgan fingerprint density at radius 2 is 1.86 bits per heavy atom. The zero-order chi connectivity index (χ0) is 15.9. The van der Waals surface area contributed by atoms with Gasteiger partial charge in [-0.15, -0.1) is 0 Å². The number of hydrogen-bond donors (Lipinski definition) is 0. The molecule has 1 fully saturated rings. The summed E-state index contributed by atoms with van der Waals surface area (Å²) in [5.41, 5.74) is 1.23. The van der Waals surface area contributed by atoms with Crippen LogP contribution >= 0.6 is 0 Å². The van der Waals surface area contributed by atoms with Gasteiger partial charge in [-0.3, -0.25) is 9.59 Å². The Balaban J connectivity index is 1.97. The van der Waals surface area contributed by atoms with Crippen LogP contribution < -0.4 is 5.43 Å². The summed E-state index contributed by atoms with van der Waals surface area (Å²) in [6.45, 7) is 6.76. The number of carbonyl (C=O) groups excluding carboxylic acids is 1. The molecular weight excluding hydrogens is 282 g/mol. The number of amides is 1. The highest BCUT2D eigenvalue weighted by Crippen LogP contribution is 2.18. The number of rotatable bonds is 1. The standard InChI is InChI=1S/C17H19NO4/c1-10-4-5-15-13(6-10)14(19)7-16(22-15)17(20)18-8-11(2)21-12(3)9-18/h4-7,11-12H,8-9H2,1-3H3/t11-,12-/m0/s1. The van der Waals surface area contributed by atoms with E-state index in [1.54, 1.807) is 17.0 Å². The number of morpholine rings is 1. The third-order valence-electron chi connectivity index (χ3n) is 3.80. The Bertz CT molecular complexity index is 770. The van der Waals surface area contributed by atoms with Gasteiger partial charge < -0.3 is 14.1 Å². The number of benzene rings is 1. The van der Waals surface area contributed by atoms with Crippen molar-refractivity contribution in [2.24, 2.45) is 0 Å². The number of ether oxygens (including phenoxy) is 1. The van der Waals surface area contributed by atoms with Crippen molar-refractivity contribution in [1.82, 2.24) is 4.90 Å². The van der Waals surface area contributed by atoms with Crippen molar-refractivity contribution in [2.45, 2.75) is 33.0 Å². The van der Waals surface area contributed by atoms with E-state index in [2.05, 4.69) is 0 Å². The molecule has 1 saturated heterocycles. The minimum absolute atomic E-state index is 0.0254. The van der Waals surface area contributed by atoms with Gasteiger partial charge in [-0.1, -0.05) is 11.6 Å². The average Bonchev–Trinajstić information content (AvgIpc) is 2.46. The zero-order valence-electron chi connectivity index (χ0n) is 13.0. The van der Waals surface area contributed by atoms with E-state index >= 15 is 0 Å². The van der Waals surface area contributed by atoms with E-state index in [-0.39, 0.29) is 29.3 Å². The third kappa shape index (κ3) is 2.76. The smallest absolute Gasteiger partial charge is 0.289 e. The van der Waals surface area contributed by atoms with E-state index in [0.29, 0.717) is 24.1 Å². The summed E-state index contributed by atoms with van der Waals surface area (Å²) in [5.74, 6) is -0.177. The second-order valence-electron chi connectivity index (χ2n) is 5.94. The molecule has 0 bridgehead atoms. The molecule has 1 aliphatic rings. The lowest BCUT2D eigenvalue weighted by Gasteiger charge is -2.34. The van der Waals surface area contributed by atoms with Crippen molar-refractivity contribution in [3.63, 3.8) is 0 Å². The summed E-state index contributed by atoms with van der Waals surface area (Å²) in [5, 5.41) is 0.500. The molecule has 0 aliphatic carbocycles. The monoisotopic (exact) mass is 301 g/mol. The van der Waals surface area contributed by atoms with Gasteiger partial charge in [0.15, 0.2) is 11.2 Å². The zero-order valence-corrected chi connectivity index (χ0v) is 13.0. The highest BCUT2D eigenvalue weighted by atomic mass is 16.5. The van der Waals surface area contributed by atoms with Crippen LogP contribution in [-0.2, 0) is 4.74 Å². The number of carbonyl (C=O) groups is 1. The molecule has 22 heavy (non-hydrogen) atoms. The highest BCUT2D eigenvalue weighted by molar-refractivity contribution is 5.93. The molecule has 1 aromatic heterocycles. The van der Waals surface area contributed by atoms with Crippen LogP contribution in [0.15, 0.2) is 33.5 Å². The molecule has 1 amide bonds. The molecule has 5 heteroatoms. The molecule has 2 heterocycles. The minimum atomic E-state index is -0.262. The van der Waals surface area contributed by atoms with E-state index in [1.165, 1.54) is 6.07 Å². The van der Waals surface area contributed by atoms with Gasteiger partial charge >= 0.3 is 0 Å². The summed E-state index contributed by atoms with van der Waals surface area (Å²) < 4.78 is 11.3. The van der Waals surface area contributed by atoms with Crippen LogP contribution in [-0.4, -0.2) is 36.1 Å². The molecule has 1 aromatic carbocycles. The van der Waals surface area contributed by atoms with Gasteiger partial charge in [0.1, 0.15) is 5.58 Å². The number of aryl methyl sites for hydroxylation is 1. The molecule has 0 unspecified atom stereocenters. The number of nitrogens with zero attached hydrogens (tertiary/aromatic N) is 1. The molecular formula is C17H19NO4. The SMILES string of the molecule is Cc1ccc2oc(C(=O)N3C[C@H](C)O[C@@H](C)C3)cc(=O)c2c1. The first kappa shape index (κ1) is 14.8. The van der Waals surface area contributed by atoms with Gasteiger partial charge in [0.05, 0.1) is 17.6 Å². The fourth-order valence-electron chi connectivity index (χ4n) is 2.88. The maximum Gasteiger partial charge on any atom is 0.289 e. The number of hydrogen-bond acceptors (Lipinski definition) is 4. The van der Waals surface area contributed by atoms with Gasteiger partial charge in [0.2, 0.25) is 0 Å². The van der Waals surface area contributed by atoms with Crippen LogP contribution in [0, 0.1) is 6.92 Å². The van der Waals surface area contributed by atoms with Crippen LogP contribution in [0.1, 0.15) is 30.0 Å². The van der Waals surface area contributed by atoms with Crippen molar-refractivity contribution in [1.29, 1.82) is 0 Å². The molecule has 0 radical (unpaired) electrons. The lowest BCUT2D eigenvalue weighted by atomic mass is 10.1. The van der Waals surface area contributed by atoms with Crippen LogP contribution in [0.5, 0.6) is 0 Å². The molecule has 2 aromatic rings. The summed E-state index contributed by atoms with van der Waals surface area (Å²) in [6.07, 6.45) is -0.0509. The Kier molecular flexibility index (Phi) is 3.74. The summed E-state index contributed by atoms with van der Waals surface area (Å²) >= 11 is 0. The molecule has 0 saturated carbocycles. The van der Waals surface area contributed by atoms with Gasteiger partial charge in [-0.05, 0) is 32.9 Å². The highest BCUT2D eigenvalue weighted by Gasteiger charge is 2.28. The largest absolute Gasteiger partial charge is 0.451 e. The van der Waals surface area contributed by atoms with Crippen LogP contribution in [0.4, 0.5) is 0 Å². The maximum absolute atomic E-state index is 12.6. The Morgan fingerprint density at radius 3 is 2.55 bits per heavy atom. The van der Waals surface area contributed by atoms with Crippen LogP contribution in [0.2, 0.25) is 0 Å². The van der Waals surface area contributed by atoms with Crippen molar-refractivity contribution in [2.75, 3.05) is 13.1 Å². The van der Waals surface area contributed by atoms with E-state index in [4.69, 9.17) is 9.15 Å². The van der Waals surface area contributed by atoms with E-state index < -0.39 is 0 Å². The van der Waals surface area contributed by atoms with Gasteiger partial charge in [0.25, 0.3) is 5.91 Å². The maximum atomic E-state index is 12.6.